The largest absolute Gasteiger partial charge is 0.393 e. The Kier molecular flexibility index (Phi) is 4.42. The number of aliphatic hydroxyl groups excluding tert-OH is 1. The molecule has 100 valence electrons. The highest BCUT2D eigenvalue weighted by Gasteiger charge is 2.22. The van der Waals surface area contributed by atoms with Crippen LogP contribution in [0.1, 0.15) is 26.7 Å². The molecule has 18 heavy (non-hydrogen) atoms. The predicted molar refractivity (Wildman–Crippen MR) is 75.0 cm³/mol. The van der Waals surface area contributed by atoms with E-state index < -0.39 is 0 Å². The maximum Gasteiger partial charge on any atom is 0.127 e. The van der Waals surface area contributed by atoms with Crippen LogP contribution in [-0.2, 0) is 0 Å². The summed E-state index contributed by atoms with van der Waals surface area (Å²) < 4.78 is 0. The lowest BCUT2D eigenvalue weighted by molar-refractivity contribution is 0.110. The molecule has 1 aromatic rings. The summed E-state index contributed by atoms with van der Waals surface area (Å²) >= 11 is 0. The number of hydrogen-bond acceptors (Lipinski definition) is 4. The van der Waals surface area contributed by atoms with Crippen LogP contribution in [0.4, 0.5) is 11.5 Å². The second-order valence-electron chi connectivity index (χ2n) is 4.99. The van der Waals surface area contributed by atoms with Crippen molar-refractivity contribution in [3.63, 3.8) is 0 Å². The number of nitrogens with one attached hydrogen (secondary N) is 1. The van der Waals surface area contributed by atoms with Crippen molar-refractivity contribution in [1.29, 1.82) is 0 Å². The number of aromatic nitrogens is 1. The average molecular weight is 249 g/mol. The fourth-order valence-corrected chi connectivity index (χ4v) is 2.53. The van der Waals surface area contributed by atoms with Gasteiger partial charge in [0.25, 0.3) is 0 Å². The molecule has 1 unspecified atom stereocenters. The Morgan fingerprint density at radius 3 is 2.83 bits per heavy atom. The molecule has 1 saturated heterocycles. The van der Waals surface area contributed by atoms with E-state index in [-0.39, 0.29) is 6.10 Å². The van der Waals surface area contributed by atoms with Crippen molar-refractivity contribution in [3.8, 4) is 0 Å². The zero-order valence-electron chi connectivity index (χ0n) is 11.3. The van der Waals surface area contributed by atoms with E-state index >= 15 is 0 Å². The molecule has 0 spiro atoms. The maximum absolute atomic E-state index is 9.61. The molecule has 2 heterocycles. The summed E-state index contributed by atoms with van der Waals surface area (Å²) in [6.07, 6.45) is 3.81. The van der Waals surface area contributed by atoms with Crippen molar-refractivity contribution >= 4 is 11.5 Å². The molecular formula is C14H23N3O. The van der Waals surface area contributed by atoms with E-state index in [2.05, 4.69) is 34.3 Å². The fraction of sp³-hybridized carbons (Fsp3) is 0.643. The van der Waals surface area contributed by atoms with Gasteiger partial charge in [0.05, 0.1) is 6.10 Å². The fourth-order valence-electron chi connectivity index (χ4n) is 2.53. The third-order valence-electron chi connectivity index (χ3n) is 3.69. The van der Waals surface area contributed by atoms with E-state index in [9.17, 15) is 5.11 Å². The third-order valence-corrected chi connectivity index (χ3v) is 3.69. The van der Waals surface area contributed by atoms with Crippen LogP contribution in [0, 0.1) is 5.92 Å². The third kappa shape index (κ3) is 3.13. The number of piperidine rings is 1. The molecule has 1 atom stereocenters. The molecule has 1 aliphatic heterocycles. The van der Waals surface area contributed by atoms with Crippen molar-refractivity contribution in [3.05, 3.63) is 18.3 Å². The Morgan fingerprint density at radius 1 is 1.50 bits per heavy atom. The van der Waals surface area contributed by atoms with E-state index in [4.69, 9.17) is 0 Å². The lowest BCUT2D eigenvalue weighted by Crippen LogP contribution is -2.37. The molecule has 0 saturated carbocycles. The quantitative estimate of drug-likeness (QED) is 0.858. The highest BCUT2D eigenvalue weighted by atomic mass is 16.3. The van der Waals surface area contributed by atoms with Crippen LogP contribution in [-0.4, -0.2) is 35.8 Å². The summed E-state index contributed by atoms with van der Waals surface area (Å²) in [5, 5.41) is 12.8. The normalized spacial score (nSPS) is 18.7. The zero-order chi connectivity index (χ0) is 13.0. The van der Waals surface area contributed by atoms with Gasteiger partial charge in [-0.15, -0.1) is 0 Å². The Bertz CT molecular complexity index is 373. The Morgan fingerprint density at radius 2 is 2.22 bits per heavy atom. The summed E-state index contributed by atoms with van der Waals surface area (Å²) in [7, 11) is 0. The number of rotatable bonds is 4. The van der Waals surface area contributed by atoms with Crippen LogP contribution in [0.5, 0.6) is 0 Å². The van der Waals surface area contributed by atoms with Gasteiger partial charge in [0, 0.05) is 37.6 Å². The first kappa shape index (κ1) is 13.1. The second-order valence-corrected chi connectivity index (χ2v) is 4.99. The van der Waals surface area contributed by atoms with Gasteiger partial charge in [-0.2, -0.15) is 0 Å². The standard InChI is InChI=1S/C14H23N3O/c1-3-15-14-10-13(4-7-16-14)17-8-5-12(6-9-17)11(2)18/h4,7,10-12,18H,3,5-6,8-9H2,1-2H3,(H,15,16). The Balaban J connectivity index is 1.98. The summed E-state index contributed by atoms with van der Waals surface area (Å²) in [5.74, 6) is 1.39. The molecule has 0 aliphatic carbocycles. The van der Waals surface area contributed by atoms with Gasteiger partial charge in [0.2, 0.25) is 0 Å². The first-order valence-corrected chi connectivity index (χ1v) is 6.83. The summed E-state index contributed by atoms with van der Waals surface area (Å²) in [6, 6.07) is 4.16. The van der Waals surface area contributed by atoms with Gasteiger partial charge < -0.3 is 15.3 Å². The van der Waals surface area contributed by atoms with Gasteiger partial charge in [-0.1, -0.05) is 0 Å². The molecule has 2 rings (SSSR count). The minimum absolute atomic E-state index is 0.179. The highest BCUT2D eigenvalue weighted by Crippen LogP contribution is 2.26. The topological polar surface area (TPSA) is 48.4 Å². The van der Waals surface area contributed by atoms with Crippen LogP contribution < -0.4 is 10.2 Å². The van der Waals surface area contributed by atoms with Crippen LogP contribution >= 0.6 is 0 Å². The van der Waals surface area contributed by atoms with Crippen molar-refractivity contribution in [2.24, 2.45) is 5.92 Å². The molecule has 1 aromatic heterocycles. The van der Waals surface area contributed by atoms with E-state index in [1.807, 2.05) is 13.1 Å². The molecule has 0 amide bonds. The van der Waals surface area contributed by atoms with Gasteiger partial charge in [-0.3, -0.25) is 0 Å². The first-order chi connectivity index (χ1) is 8.70. The van der Waals surface area contributed by atoms with Crippen molar-refractivity contribution in [2.75, 3.05) is 29.9 Å². The molecule has 0 radical (unpaired) electrons. The number of pyridine rings is 1. The van der Waals surface area contributed by atoms with Gasteiger partial charge in [0.1, 0.15) is 5.82 Å². The molecule has 1 fully saturated rings. The average Bonchev–Trinajstić information content (AvgIpc) is 2.39. The molecule has 4 nitrogen and oxygen atoms in total. The minimum Gasteiger partial charge on any atom is -0.393 e. The number of nitrogens with zero attached hydrogens (tertiary/aromatic N) is 2. The van der Waals surface area contributed by atoms with E-state index in [1.54, 1.807) is 0 Å². The van der Waals surface area contributed by atoms with Crippen molar-refractivity contribution in [1.82, 2.24) is 4.98 Å². The van der Waals surface area contributed by atoms with E-state index in [1.165, 1.54) is 5.69 Å². The monoisotopic (exact) mass is 249 g/mol. The molecule has 4 heteroatoms. The van der Waals surface area contributed by atoms with E-state index in [0.717, 1.165) is 38.3 Å². The molecule has 2 N–H and O–H groups in total. The Hall–Kier alpha value is -1.29. The second kappa shape index (κ2) is 6.05. The summed E-state index contributed by atoms with van der Waals surface area (Å²) in [6.45, 7) is 6.90. The number of anilines is 2. The lowest BCUT2D eigenvalue weighted by atomic mass is 9.92. The first-order valence-electron chi connectivity index (χ1n) is 6.83. The van der Waals surface area contributed by atoms with Gasteiger partial charge in [-0.05, 0) is 38.7 Å². The van der Waals surface area contributed by atoms with Crippen LogP contribution in [0.2, 0.25) is 0 Å². The SMILES string of the molecule is CCNc1cc(N2CCC(C(C)O)CC2)ccn1. The van der Waals surface area contributed by atoms with Crippen molar-refractivity contribution in [2.45, 2.75) is 32.8 Å². The number of aliphatic hydroxyl groups is 1. The molecule has 0 aromatic carbocycles. The molecule has 0 bridgehead atoms. The minimum atomic E-state index is -0.179. The van der Waals surface area contributed by atoms with Crippen LogP contribution in [0.15, 0.2) is 18.3 Å². The summed E-state index contributed by atoms with van der Waals surface area (Å²) in [5.41, 5.74) is 1.23. The van der Waals surface area contributed by atoms with Gasteiger partial charge >= 0.3 is 0 Å². The van der Waals surface area contributed by atoms with Gasteiger partial charge in [0.15, 0.2) is 0 Å². The molecular weight excluding hydrogens is 226 g/mol. The van der Waals surface area contributed by atoms with Gasteiger partial charge in [-0.25, -0.2) is 4.98 Å². The smallest absolute Gasteiger partial charge is 0.127 e. The highest BCUT2D eigenvalue weighted by molar-refractivity contribution is 5.54. The van der Waals surface area contributed by atoms with Crippen molar-refractivity contribution < 1.29 is 5.11 Å². The predicted octanol–water partition coefficient (Wildman–Crippen LogP) is 2.11. The zero-order valence-corrected chi connectivity index (χ0v) is 11.3. The lowest BCUT2D eigenvalue weighted by Gasteiger charge is -2.34. The number of hydrogen-bond donors (Lipinski definition) is 2. The molecule has 1 aliphatic rings. The van der Waals surface area contributed by atoms with Crippen LogP contribution in [0.25, 0.3) is 0 Å². The Labute approximate surface area is 109 Å². The summed E-state index contributed by atoms with van der Waals surface area (Å²) in [4.78, 5) is 6.67. The maximum atomic E-state index is 9.61. The van der Waals surface area contributed by atoms with Crippen LogP contribution in [0.3, 0.4) is 0 Å². The van der Waals surface area contributed by atoms with E-state index in [0.29, 0.717) is 5.92 Å².